The molecular formula is C9H15BN2O2. The van der Waals surface area contributed by atoms with Crippen molar-refractivity contribution in [2.24, 2.45) is 0 Å². The fourth-order valence-corrected chi connectivity index (χ4v) is 1.28. The molecule has 0 saturated carbocycles. The molecule has 0 aromatic carbocycles. The molecule has 0 bridgehead atoms. The van der Waals surface area contributed by atoms with E-state index in [2.05, 4.69) is 23.7 Å². The lowest BCUT2D eigenvalue weighted by Gasteiger charge is -2.19. The summed E-state index contributed by atoms with van der Waals surface area (Å²) in [6.07, 6.45) is 1.48. The molecule has 76 valence electrons. The summed E-state index contributed by atoms with van der Waals surface area (Å²) in [5, 5.41) is 17.7. The van der Waals surface area contributed by atoms with E-state index in [0.29, 0.717) is 5.46 Å². The van der Waals surface area contributed by atoms with Gasteiger partial charge in [0, 0.05) is 24.7 Å². The van der Waals surface area contributed by atoms with Crippen LogP contribution in [0.4, 0.5) is 5.82 Å². The van der Waals surface area contributed by atoms with E-state index < -0.39 is 7.12 Å². The third-order valence-corrected chi connectivity index (χ3v) is 2.16. The van der Waals surface area contributed by atoms with E-state index in [4.69, 9.17) is 10.0 Å². The lowest BCUT2D eigenvalue weighted by Crippen LogP contribution is -2.31. The third-order valence-electron chi connectivity index (χ3n) is 2.16. The number of nitrogens with zero attached hydrogens (tertiary/aromatic N) is 2. The average molecular weight is 194 g/mol. The van der Waals surface area contributed by atoms with Crippen molar-refractivity contribution in [2.75, 3.05) is 18.0 Å². The Morgan fingerprint density at radius 2 is 1.93 bits per heavy atom. The van der Waals surface area contributed by atoms with Crippen LogP contribution < -0.4 is 10.4 Å². The van der Waals surface area contributed by atoms with Crippen LogP contribution in [0.15, 0.2) is 18.3 Å². The van der Waals surface area contributed by atoms with Crippen molar-refractivity contribution >= 4 is 18.4 Å². The molecule has 0 aliphatic rings. The second kappa shape index (κ2) is 4.98. The standard InChI is InChI=1S/C9H15BN2O2/c1-3-12(4-2)9-6-5-8(7-11-9)10(13)14/h5-7,13-14H,3-4H2,1-2H3. The summed E-state index contributed by atoms with van der Waals surface area (Å²) in [5.41, 5.74) is 0.418. The highest BCUT2D eigenvalue weighted by molar-refractivity contribution is 6.58. The van der Waals surface area contributed by atoms with Crippen LogP contribution in [0, 0.1) is 0 Å². The number of rotatable bonds is 4. The number of hydrogen-bond donors (Lipinski definition) is 2. The maximum absolute atomic E-state index is 8.87. The second-order valence-corrected chi connectivity index (χ2v) is 3.00. The molecule has 0 saturated heterocycles. The highest BCUT2D eigenvalue weighted by Crippen LogP contribution is 2.06. The Balaban J connectivity index is 2.81. The average Bonchev–Trinajstić information content (AvgIpc) is 2.20. The zero-order valence-electron chi connectivity index (χ0n) is 8.51. The van der Waals surface area contributed by atoms with Gasteiger partial charge in [-0.15, -0.1) is 0 Å². The molecule has 1 aromatic heterocycles. The predicted molar refractivity (Wildman–Crippen MR) is 57.6 cm³/mol. The first-order chi connectivity index (χ1) is 6.69. The predicted octanol–water partition coefficient (Wildman–Crippen LogP) is -0.392. The van der Waals surface area contributed by atoms with Gasteiger partial charge in [0.25, 0.3) is 0 Å². The van der Waals surface area contributed by atoms with Crippen molar-refractivity contribution < 1.29 is 10.0 Å². The largest absolute Gasteiger partial charge is 0.490 e. The number of aromatic nitrogens is 1. The van der Waals surface area contributed by atoms with Gasteiger partial charge in [0.15, 0.2) is 0 Å². The quantitative estimate of drug-likeness (QED) is 0.640. The topological polar surface area (TPSA) is 56.6 Å². The lowest BCUT2D eigenvalue weighted by molar-refractivity contribution is 0.425. The molecule has 0 aliphatic carbocycles. The van der Waals surface area contributed by atoms with Gasteiger partial charge >= 0.3 is 7.12 Å². The monoisotopic (exact) mass is 194 g/mol. The molecule has 5 heteroatoms. The summed E-state index contributed by atoms with van der Waals surface area (Å²) >= 11 is 0. The summed E-state index contributed by atoms with van der Waals surface area (Å²) in [6, 6.07) is 3.47. The molecule has 0 aliphatic heterocycles. The van der Waals surface area contributed by atoms with Gasteiger partial charge in [-0.2, -0.15) is 0 Å². The molecular weight excluding hydrogens is 179 g/mol. The van der Waals surface area contributed by atoms with Crippen LogP contribution >= 0.6 is 0 Å². The van der Waals surface area contributed by atoms with Crippen LogP contribution in [-0.4, -0.2) is 35.2 Å². The molecule has 4 nitrogen and oxygen atoms in total. The molecule has 0 atom stereocenters. The molecule has 2 N–H and O–H groups in total. The minimum absolute atomic E-state index is 0.418. The van der Waals surface area contributed by atoms with Gasteiger partial charge in [0.1, 0.15) is 5.82 Å². The van der Waals surface area contributed by atoms with E-state index in [1.54, 1.807) is 12.1 Å². The van der Waals surface area contributed by atoms with Crippen molar-refractivity contribution in [3.8, 4) is 0 Å². The van der Waals surface area contributed by atoms with Crippen LogP contribution in [0.25, 0.3) is 0 Å². The van der Waals surface area contributed by atoms with E-state index in [1.807, 2.05) is 0 Å². The van der Waals surface area contributed by atoms with E-state index in [0.717, 1.165) is 18.9 Å². The van der Waals surface area contributed by atoms with Gasteiger partial charge in [-0.1, -0.05) is 6.07 Å². The molecule has 0 radical (unpaired) electrons. The Morgan fingerprint density at radius 1 is 1.29 bits per heavy atom. The Hall–Kier alpha value is -1.07. The molecule has 1 heterocycles. The Kier molecular flexibility index (Phi) is 3.91. The lowest BCUT2D eigenvalue weighted by atomic mass is 9.82. The molecule has 1 aromatic rings. The normalized spacial score (nSPS) is 10.0. The summed E-state index contributed by atoms with van der Waals surface area (Å²) in [6.45, 7) is 5.90. The minimum Gasteiger partial charge on any atom is -0.423 e. The summed E-state index contributed by atoms with van der Waals surface area (Å²) < 4.78 is 0. The molecule has 0 amide bonds. The van der Waals surface area contributed by atoms with E-state index >= 15 is 0 Å². The van der Waals surface area contributed by atoms with Crippen molar-refractivity contribution in [2.45, 2.75) is 13.8 Å². The SMILES string of the molecule is CCN(CC)c1ccc(B(O)O)cn1. The number of hydrogen-bond acceptors (Lipinski definition) is 4. The number of pyridine rings is 1. The Morgan fingerprint density at radius 3 is 2.29 bits per heavy atom. The van der Waals surface area contributed by atoms with Crippen molar-refractivity contribution in [1.82, 2.24) is 4.98 Å². The molecule has 0 fully saturated rings. The number of anilines is 1. The fraction of sp³-hybridized carbons (Fsp3) is 0.444. The van der Waals surface area contributed by atoms with Gasteiger partial charge < -0.3 is 14.9 Å². The van der Waals surface area contributed by atoms with Gasteiger partial charge in [-0.05, 0) is 19.9 Å². The second-order valence-electron chi connectivity index (χ2n) is 3.00. The zero-order chi connectivity index (χ0) is 10.6. The van der Waals surface area contributed by atoms with E-state index in [9.17, 15) is 0 Å². The molecule has 1 rings (SSSR count). The van der Waals surface area contributed by atoms with Gasteiger partial charge in [-0.3, -0.25) is 0 Å². The van der Waals surface area contributed by atoms with E-state index in [-0.39, 0.29) is 0 Å². The van der Waals surface area contributed by atoms with Crippen LogP contribution in [0.3, 0.4) is 0 Å². The first-order valence-electron chi connectivity index (χ1n) is 4.76. The van der Waals surface area contributed by atoms with Crippen molar-refractivity contribution in [1.29, 1.82) is 0 Å². The Labute approximate surface area is 84.4 Å². The maximum Gasteiger partial charge on any atom is 0.490 e. The van der Waals surface area contributed by atoms with Crippen LogP contribution in [0.2, 0.25) is 0 Å². The van der Waals surface area contributed by atoms with Crippen molar-refractivity contribution in [3.05, 3.63) is 18.3 Å². The smallest absolute Gasteiger partial charge is 0.423 e. The van der Waals surface area contributed by atoms with Gasteiger partial charge in [-0.25, -0.2) is 4.98 Å². The van der Waals surface area contributed by atoms with Crippen LogP contribution in [0.5, 0.6) is 0 Å². The van der Waals surface area contributed by atoms with Crippen molar-refractivity contribution in [3.63, 3.8) is 0 Å². The van der Waals surface area contributed by atoms with Crippen LogP contribution in [0.1, 0.15) is 13.8 Å². The molecule has 0 spiro atoms. The van der Waals surface area contributed by atoms with Crippen LogP contribution in [-0.2, 0) is 0 Å². The molecule has 0 unspecified atom stereocenters. The third kappa shape index (κ3) is 2.46. The highest BCUT2D eigenvalue weighted by Gasteiger charge is 2.11. The minimum atomic E-state index is -1.44. The van der Waals surface area contributed by atoms with E-state index in [1.165, 1.54) is 6.20 Å². The fourth-order valence-electron chi connectivity index (χ4n) is 1.28. The zero-order valence-corrected chi connectivity index (χ0v) is 8.51. The summed E-state index contributed by atoms with van der Waals surface area (Å²) in [7, 11) is -1.44. The van der Waals surface area contributed by atoms with Gasteiger partial charge in [0.05, 0.1) is 0 Å². The molecule has 14 heavy (non-hydrogen) atoms. The first kappa shape index (κ1) is 11.0. The summed E-state index contributed by atoms with van der Waals surface area (Å²) in [5.74, 6) is 0.861. The first-order valence-corrected chi connectivity index (χ1v) is 4.76. The maximum atomic E-state index is 8.87. The summed E-state index contributed by atoms with van der Waals surface area (Å²) in [4.78, 5) is 6.24. The van der Waals surface area contributed by atoms with Gasteiger partial charge in [0.2, 0.25) is 0 Å². The Bertz CT molecular complexity index is 273. The highest BCUT2D eigenvalue weighted by atomic mass is 16.4.